The molecule has 2 unspecified atom stereocenters. The molecule has 5 nitrogen and oxygen atoms in total. The van der Waals surface area contributed by atoms with E-state index in [-0.39, 0.29) is 30.4 Å². The van der Waals surface area contributed by atoms with E-state index in [1.165, 1.54) is 0 Å². The molecule has 0 bridgehead atoms. The number of amides is 1. The van der Waals surface area contributed by atoms with E-state index in [9.17, 15) is 9.59 Å². The maximum absolute atomic E-state index is 12.3. The highest BCUT2D eigenvalue weighted by Gasteiger charge is 2.28. The SMILES string of the molecule is CCOC(=O)C1CCCN(CC(=O)NC(C)c2ccc(Cl)cc2Cl)C1. The van der Waals surface area contributed by atoms with Crippen molar-refractivity contribution < 1.29 is 14.3 Å². The van der Waals surface area contributed by atoms with Gasteiger partial charge in [-0.1, -0.05) is 29.3 Å². The Balaban J connectivity index is 1.87. The van der Waals surface area contributed by atoms with Gasteiger partial charge in [0.1, 0.15) is 0 Å². The number of esters is 1. The smallest absolute Gasteiger partial charge is 0.310 e. The van der Waals surface area contributed by atoms with Crippen molar-refractivity contribution >= 4 is 35.1 Å². The van der Waals surface area contributed by atoms with Gasteiger partial charge in [0, 0.05) is 16.6 Å². The molecule has 0 spiro atoms. The molecule has 0 saturated carbocycles. The van der Waals surface area contributed by atoms with Crippen LogP contribution in [0, 0.1) is 5.92 Å². The average molecular weight is 387 g/mol. The second kappa shape index (κ2) is 9.41. The third-order valence-corrected chi connectivity index (χ3v) is 4.86. The van der Waals surface area contributed by atoms with Crippen molar-refractivity contribution in [2.45, 2.75) is 32.7 Å². The minimum absolute atomic E-state index is 0.0944. The van der Waals surface area contributed by atoms with Crippen molar-refractivity contribution in [1.29, 1.82) is 0 Å². The molecular weight excluding hydrogens is 363 g/mol. The van der Waals surface area contributed by atoms with Crippen molar-refractivity contribution in [1.82, 2.24) is 10.2 Å². The van der Waals surface area contributed by atoms with Crippen molar-refractivity contribution in [3.05, 3.63) is 33.8 Å². The van der Waals surface area contributed by atoms with Crippen LogP contribution >= 0.6 is 23.2 Å². The first-order valence-corrected chi connectivity index (χ1v) is 9.29. The lowest BCUT2D eigenvalue weighted by atomic mass is 9.98. The molecule has 1 fully saturated rings. The Hall–Kier alpha value is -1.30. The Bertz CT molecular complexity index is 624. The van der Waals surface area contributed by atoms with Gasteiger partial charge in [0.05, 0.1) is 25.1 Å². The molecule has 1 amide bonds. The lowest BCUT2D eigenvalue weighted by Gasteiger charge is -2.31. The molecule has 2 atom stereocenters. The lowest BCUT2D eigenvalue weighted by molar-refractivity contribution is -0.150. The molecule has 7 heteroatoms. The summed E-state index contributed by atoms with van der Waals surface area (Å²) in [4.78, 5) is 26.2. The number of carbonyl (C=O) groups excluding carboxylic acids is 2. The molecule has 1 aliphatic heterocycles. The number of nitrogens with zero attached hydrogens (tertiary/aromatic N) is 1. The summed E-state index contributed by atoms with van der Waals surface area (Å²) in [6, 6.07) is 5.01. The van der Waals surface area contributed by atoms with Gasteiger partial charge in [-0.3, -0.25) is 14.5 Å². The fourth-order valence-electron chi connectivity index (χ4n) is 3.07. The van der Waals surface area contributed by atoms with Gasteiger partial charge in [0.2, 0.25) is 5.91 Å². The fraction of sp³-hybridized carbons (Fsp3) is 0.556. The number of ether oxygens (including phenoxy) is 1. The second-order valence-corrected chi connectivity index (χ2v) is 7.12. The van der Waals surface area contributed by atoms with Crippen LogP contribution < -0.4 is 5.32 Å². The quantitative estimate of drug-likeness (QED) is 0.760. The minimum atomic E-state index is -0.220. The molecule has 1 saturated heterocycles. The van der Waals surface area contributed by atoms with Crippen LogP contribution in [0.1, 0.15) is 38.3 Å². The first kappa shape index (κ1) is 20.0. The highest BCUT2D eigenvalue weighted by atomic mass is 35.5. The van der Waals surface area contributed by atoms with Crippen LogP contribution in [0.4, 0.5) is 0 Å². The first-order chi connectivity index (χ1) is 11.9. The number of carbonyl (C=O) groups is 2. The van der Waals surface area contributed by atoms with E-state index < -0.39 is 0 Å². The monoisotopic (exact) mass is 386 g/mol. The normalized spacial score (nSPS) is 19.3. The van der Waals surface area contributed by atoms with E-state index in [2.05, 4.69) is 5.32 Å². The molecule has 0 aromatic heterocycles. The largest absolute Gasteiger partial charge is 0.466 e. The molecule has 1 heterocycles. The van der Waals surface area contributed by atoms with Crippen LogP contribution in [0.25, 0.3) is 0 Å². The van der Waals surface area contributed by atoms with Gasteiger partial charge < -0.3 is 10.1 Å². The summed E-state index contributed by atoms with van der Waals surface area (Å²) in [5.41, 5.74) is 0.822. The Morgan fingerprint density at radius 1 is 1.40 bits per heavy atom. The van der Waals surface area contributed by atoms with E-state index in [1.807, 2.05) is 17.9 Å². The van der Waals surface area contributed by atoms with Gasteiger partial charge >= 0.3 is 5.97 Å². The van der Waals surface area contributed by atoms with Gasteiger partial charge in [-0.05, 0) is 50.9 Å². The van der Waals surface area contributed by atoms with E-state index in [1.54, 1.807) is 19.1 Å². The molecule has 25 heavy (non-hydrogen) atoms. The molecule has 138 valence electrons. The fourth-order valence-corrected chi connectivity index (χ4v) is 3.64. The Kier molecular flexibility index (Phi) is 7.54. The number of hydrogen-bond acceptors (Lipinski definition) is 4. The van der Waals surface area contributed by atoms with E-state index in [0.29, 0.717) is 23.2 Å². The lowest BCUT2D eigenvalue weighted by Crippen LogP contribution is -2.45. The number of likely N-dealkylation sites (tertiary alicyclic amines) is 1. The average Bonchev–Trinajstić information content (AvgIpc) is 2.55. The van der Waals surface area contributed by atoms with Crippen LogP contribution in [0.3, 0.4) is 0 Å². The van der Waals surface area contributed by atoms with Crippen LogP contribution in [-0.2, 0) is 14.3 Å². The summed E-state index contributed by atoms with van der Waals surface area (Å²) in [6.07, 6.45) is 1.70. The number of halogens is 2. The molecule has 1 N–H and O–H groups in total. The summed E-state index contributed by atoms with van der Waals surface area (Å²) < 4.78 is 5.09. The summed E-state index contributed by atoms with van der Waals surface area (Å²) >= 11 is 12.1. The van der Waals surface area contributed by atoms with Crippen molar-refractivity contribution in [2.24, 2.45) is 5.92 Å². The van der Waals surface area contributed by atoms with Crippen LogP contribution in [0.5, 0.6) is 0 Å². The third kappa shape index (κ3) is 5.87. The van der Waals surface area contributed by atoms with Gasteiger partial charge in [0.25, 0.3) is 0 Å². The van der Waals surface area contributed by atoms with Gasteiger partial charge in [-0.25, -0.2) is 0 Å². The molecule has 0 radical (unpaired) electrons. The van der Waals surface area contributed by atoms with Crippen molar-refractivity contribution in [3.63, 3.8) is 0 Å². The van der Waals surface area contributed by atoms with Gasteiger partial charge in [-0.15, -0.1) is 0 Å². The second-order valence-electron chi connectivity index (χ2n) is 6.28. The summed E-state index contributed by atoms with van der Waals surface area (Å²) in [5, 5.41) is 4.04. The standard InChI is InChI=1S/C18H24Cl2N2O3/c1-3-25-18(24)13-5-4-8-22(10-13)11-17(23)21-12(2)15-7-6-14(19)9-16(15)20/h6-7,9,12-13H,3-5,8,10-11H2,1-2H3,(H,21,23). The number of nitrogens with one attached hydrogen (secondary N) is 1. The molecule has 1 aromatic rings. The maximum atomic E-state index is 12.3. The Morgan fingerprint density at radius 2 is 2.16 bits per heavy atom. The number of hydrogen-bond donors (Lipinski definition) is 1. The minimum Gasteiger partial charge on any atom is -0.466 e. The highest BCUT2D eigenvalue weighted by molar-refractivity contribution is 6.35. The summed E-state index contributed by atoms with van der Waals surface area (Å²) in [7, 11) is 0. The zero-order chi connectivity index (χ0) is 18.4. The predicted molar refractivity (Wildman–Crippen MR) is 98.8 cm³/mol. The summed E-state index contributed by atoms with van der Waals surface area (Å²) in [5.74, 6) is -0.415. The topological polar surface area (TPSA) is 58.6 Å². The molecular formula is C18H24Cl2N2O3. The van der Waals surface area contributed by atoms with Crippen LogP contribution in [-0.4, -0.2) is 43.0 Å². The number of piperidine rings is 1. The predicted octanol–water partition coefficient (Wildman–Crippen LogP) is 3.45. The molecule has 1 aromatic carbocycles. The maximum Gasteiger partial charge on any atom is 0.310 e. The third-order valence-electron chi connectivity index (χ3n) is 4.30. The Labute approximate surface area is 158 Å². The van der Waals surface area contributed by atoms with Crippen LogP contribution in [0.2, 0.25) is 10.0 Å². The number of rotatable bonds is 6. The van der Waals surface area contributed by atoms with Gasteiger partial charge in [-0.2, -0.15) is 0 Å². The number of benzene rings is 1. The van der Waals surface area contributed by atoms with E-state index in [4.69, 9.17) is 27.9 Å². The first-order valence-electron chi connectivity index (χ1n) is 8.54. The van der Waals surface area contributed by atoms with Gasteiger partial charge in [0.15, 0.2) is 0 Å². The van der Waals surface area contributed by atoms with E-state index >= 15 is 0 Å². The zero-order valence-electron chi connectivity index (χ0n) is 14.6. The Morgan fingerprint density at radius 3 is 2.84 bits per heavy atom. The molecule has 1 aliphatic rings. The highest BCUT2D eigenvalue weighted by Crippen LogP contribution is 2.26. The summed E-state index contributed by atoms with van der Waals surface area (Å²) in [6.45, 7) is 5.68. The van der Waals surface area contributed by atoms with Crippen molar-refractivity contribution in [2.75, 3.05) is 26.2 Å². The van der Waals surface area contributed by atoms with Crippen LogP contribution in [0.15, 0.2) is 18.2 Å². The molecule has 0 aliphatic carbocycles. The van der Waals surface area contributed by atoms with Crippen molar-refractivity contribution in [3.8, 4) is 0 Å². The zero-order valence-corrected chi connectivity index (χ0v) is 16.1. The molecule has 2 rings (SSSR count). The van der Waals surface area contributed by atoms with E-state index in [0.717, 1.165) is 24.9 Å².